The predicted molar refractivity (Wildman–Crippen MR) is 83.2 cm³/mol. The Morgan fingerprint density at radius 1 is 1.14 bits per heavy atom. The third-order valence-corrected chi connectivity index (χ3v) is 3.54. The van der Waals surface area contributed by atoms with E-state index < -0.39 is 0 Å². The van der Waals surface area contributed by atoms with Crippen LogP contribution in [0.5, 0.6) is 0 Å². The minimum absolute atomic E-state index is 0.0200. The lowest BCUT2D eigenvalue weighted by Gasteiger charge is -2.21. The van der Waals surface area contributed by atoms with Crippen LogP contribution in [0.1, 0.15) is 49.0 Å². The molecule has 1 unspecified atom stereocenters. The van der Waals surface area contributed by atoms with E-state index in [0.717, 1.165) is 5.56 Å². The molecule has 1 atom stereocenters. The Kier molecular flexibility index (Phi) is 7.09. The van der Waals surface area contributed by atoms with Gasteiger partial charge in [0.15, 0.2) is 5.78 Å². The molecule has 0 fully saturated rings. The smallest absolute Gasteiger partial charge is 0.220 e. The van der Waals surface area contributed by atoms with Crippen LogP contribution >= 0.6 is 0 Å². The Morgan fingerprint density at radius 2 is 1.76 bits per heavy atom. The van der Waals surface area contributed by atoms with Gasteiger partial charge >= 0.3 is 0 Å². The number of carbonyl (C=O) groups is 2. The molecule has 0 aliphatic rings. The van der Waals surface area contributed by atoms with Crippen LogP contribution in [-0.2, 0) is 4.79 Å². The SMILES string of the molecule is Cc1ccc(C(=O)CCC(=O)NC(CCO)C(C)C)cc1. The predicted octanol–water partition coefficient (Wildman–Crippen LogP) is 2.48. The molecule has 1 amide bonds. The van der Waals surface area contributed by atoms with Gasteiger partial charge in [-0.15, -0.1) is 0 Å². The Labute approximate surface area is 126 Å². The molecule has 1 aromatic rings. The molecule has 0 saturated heterocycles. The van der Waals surface area contributed by atoms with Crippen molar-refractivity contribution in [3.8, 4) is 0 Å². The summed E-state index contributed by atoms with van der Waals surface area (Å²) in [5, 5.41) is 11.9. The second-order valence-corrected chi connectivity index (χ2v) is 5.72. The number of hydrogen-bond donors (Lipinski definition) is 2. The maximum absolute atomic E-state index is 12.0. The maximum atomic E-state index is 12.0. The zero-order valence-corrected chi connectivity index (χ0v) is 13.1. The molecule has 4 heteroatoms. The fraction of sp³-hybridized carbons (Fsp3) is 0.529. The van der Waals surface area contributed by atoms with Gasteiger partial charge in [0.1, 0.15) is 0 Å². The fourth-order valence-corrected chi connectivity index (χ4v) is 2.10. The molecule has 0 radical (unpaired) electrons. The van der Waals surface area contributed by atoms with Gasteiger partial charge in [0.05, 0.1) is 0 Å². The van der Waals surface area contributed by atoms with Gasteiger partial charge in [0.2, 0.25) is 5.91 Å². The van der Waals surface area contributed by atoms with Gasteiger partial charge in [-0.2, -0.15) is 0 Å². The van der Waals surface area contributed by atoms with E-state index in [1.54, 1.807) is 12.1 Å². The number of carbonyl (C=O) groups excluding carboxylic acids is 2. The Bertz CT molecular complexity index is 465. The van der Waals surface area contributed by atoms with Crippen LogP contribution in [0, 0.1) is 12.8 Å². The third-order valence-electron chi connectivity index (χ3n) is 3.54. The summed E-state index contributed by atoms with van der Waals surface area (Å²) in [6.07, 6.45) is 0.926. The number of Topliss-reactive ketones (excluding diaryl/α,β-unsaturated/α-hetero) is 1. The van der Waals surface area contributed by atoms with Gasteiger partial charge < -0.3 is 10.4 Å². The summed E-state index contributed by atoms with van der Waals surface area (Å²) >= 11 is 0. The number of aryl methyl sites for hydroxylation is 1. The molecular formula is C17H25NO3. The molecule has 0 bridgehead atoms. The highest BCUT2D eigenvalue weighted by atomic mass is 16.3. The van der Waals surface area contributed by atoms with Gasteiger partial charge in [-0.25, -0.2) is 0 Å². The third kappa shape index (κ3) is 6.08. The number of rotatable bonds is 8. The van der Waals surface area contributed by atoms with E-state index in [9.17, 15) is 9.59 Å². The molecular weight excluding hydrogens is 266 g/mol. The largest absolute Gasteiger partial charge is 0.396 e. The first kappa shape index (κ1) is 17.4. The lowest BCUT2D eigenvalue weighted by atomic mass is 10.0. The van der Waals surface area contributed by atoms with Crippen molar-refractivity contribution in [2.24, 2.45) is 5.92 Å². The minimum atomic E-state index is -0.136. The fourth-order valence-electron chi connectivity index (χ4n) is 2.10. The van der Waals surface area contributed by atoms with Crippen molar-refractivity contribution in [2.45, 2.75) is 46.1 Å². The molecule has 1 aromatic carbocycles. The first-order valence-corrected chi connectivity index (χ1v) is 7.44. The molecule has 0 aromatic heterocycles. The van der Waals surface area contributed by atoms with E-state index in [-0.39, 0.29) is 43.1 Å². The molecule has 4 nitrogen and oxygen atoms in total. The molecule has 0 saturated carbocycles. The molecule has 2 N–H and O–H groups in total. The quantitative estimate of drug-likeness (QED) is 0.723. The normalized spacial score (nSPS) is 12.2. The first-order chi connectivity index (χ1) is 9.93. The van der Waals surface area contributed by atoms with E-state index in [1.165, 1.54) is 0 Å². The molecule has 1 rings (SSSR count). The molecule has 0 spiro atoms. The summed E-state index contributed by atoms with van der Waals surface area (Å²) in [6, 6.07) is 7.32. The van der Waals surface area contributed by atoms with Gasteiger partial charge in [0, 0.05) is 31.1 Å². The zero-order chi connectivity index (χ0) is 15.8. The van der Waals surface area contributed by atoms with E-state index in [4.69, 9.17) is 5.11 Å². The van der Waals surface area contributed by atoms with E-state index in [0.29, 0.717) is 12.0 Å². The van der Waals surface area contributed by atoms with Crippen LogP contribution in [-0.4, -0.2) is 29.4 Å². The lowest BCUT2D eigenvalue weighted by Crippen LogP contribution is -2.39. The van der Waals surface area contributed by atoms with Crippen LogP contribution < -0.4 is 5.32 Å². The summed E-state index contributed by atoms with van der Waals surface area (Å²) in [4.78, 5) is 23.9. The van der Waals surface area contributed by atoms with Crippen molar-refractivity contribution in [1.82, 2.24) is 5.32 Å². The summed E-state index contributed by atoms with van der Waals surface area (Å²) < 4.78 is 0. The van der Waals surface area contributed by atoms with Crippen molar-refractivity contribution < 1.29 is 14.7 Å². The highest BCUT2D eigenvalue weighted by Gasteiger charge is 2.16. The monoisotopic (exact) mass is 291 g/mol. The Hall–Kier alpha value is -1.68. The summed E-state index contributed by atoms with van der Waals surface area (Å²) in [6.45, 7) is 6.01. The van der Waals surface area contributed by atoms with E-state index in [1.807, 2.05) is 32.9 Å². The van der Waals surface area contributed by atoms with Crippen molar-refractivity contribution >= 4 is 11.7 Å². The second kappa shape index (κ2) is 8.57. The number of aliphatic hydroxyl groups excluding tert-OH is 1. The number of aliphatic hydroxyl groups is 1. The molecule has 0 aliphatic heterocycles. The average molecular weight is 291 g/mol. The topological polar surface area (TPSA) is 66.4 Å². The van der Waals surface area contributed by atoms with Crippen molar-refractivity contribution in [3.63, 3.8) is 0 Å². The molecule has 116 valence electrons. The number of nitrogens with one attached hydrogen (secondary N) is 1. The zero-order valence-electron chi connectivity index (χ0n) is 13.1. The maximum Gasteiger partial charge on any atom is 0.220 e. The Morgan fingerprint density at radius 3 is 2.29 bits per heavy atom. The highest BCUT2D eigenvalue weighted by Crippen LogP contribution is 2.09. The number of benzene rings is 1. The van der Waals surface area contributed by atoms with Crippen LogP contribution in [0.3, 0.4) is 0 Å². The molecule has 21 heavy (non-hydrogen) atoms. The molecule has 0 heterocycles. The number of amides is 1. The lowest BCUT2D eigenvalue weighted by molar-refractivity contribution is -0.122. The van der Waals surface area contributed by atoms with Crippen LogP contribution in [0.25, 0.3) is 0 Å². The number of ketones is 1. The molecule has 0 aliphatic carbocycles. The van der Waals surface area contributed by atoms with Gasteiger partial charge in [-0.1, -0.05) is 43.7 Å². The van der Waals surface area contributed by atoms with E-state index in [2.05, 4.69) is 5.32 Å². The van der Waals surface area contributed by atoms with Crippen LogP contribution in [0.2, 0.25) is 0 Å². The van der Waals surface area contributed by atoms with Crippen LogP contribution in [0.4, 0.5) is 0 Å². The minimum Gasteiger partial charge on any atom is -0.396 e. The first-order valence-electron chi connectivity index (χ1n) is 7.44. The highest BCUT2D eigenvalue weighted by molar-refractivity contribution is 5.97. The van der Waals surface area contributed by atoms with Crippen molar-refractivity contribution in [3.05, 3.63) is 35.4 Å². The van der Waals surface area contributed by atoms with Gasteiger partial charge in [-0.05, 0) is 19.3 Å². The summed E-state index contributed by atoms with van der Waals surface area (Å²) in [5.74, 6) is 0.102. The average Bonchev–Trinajstić information content (AvgIpc) is 2.45. The summed E-state index contributed by atoms with van der Waals surface area (Å²) in [5.41, 5.74) is 1.75. The van der Waals surface area contributed by atoms with Gasteiger partial charge in [0.25, 0.3) is 0 Å². The second-order valence-electron chi connectivity index (χ2n) is 5.72. The van der Waals surface area contributed by atoms with Crippen molar-refractivity contribution in [2.75, 3.05) is 6.61 Å². The Balaban J connectivity index is 2.45. The number of hydrogen-bond acceptors (Lipinski definition) is 3. The standard InChI is InChI=1S/C17H25NO3/c1-12(2)15(10-11-19)18-17(21)9-8-16(20)14-6-4-13(3)5-7-14/h4-7,12,15,19H,8-11H2,1-3H3,(H,18,21). The van der Waals surface area contributed by atoms with E-state index >= 15 is 0 Å². The van der Waals surface area contributed by atoms with Gasteiger partial charge in [-0.3, -0.25) is 9.59 Å². The summed E-state index contributed by atoms with van der Waals surface area (Å²) in [7, 11) is 0. The van der Waals surface area contributed by atoms with Crippen LogP contribution in [0.15, 0.2) is 24.3 Å². The van der Waals surface area contributed by atoms with Crippen molar-refractivity contribution in [1.29, 1.82) is 0 Å².